The quantitative estimate of drug-likeness (QED) is 0.611. The second-order valence-electron chi connectivity index (χ2n) is 2.74. The van der Waals surface area contributed by atoms with Crippen molar-refractivity contribution in [1.29, 1.82) is 0 Å². The first-order chi connectivity index (χ1) is 5.88. The number of hydrogen-bond donors (Lipinski definition) is 2. The number of fused-ring (bicyclic) bond motifs is 1. The molecule has 0 spiro atoms. The number of para-hydroxylation sites is 1. The van der Waals surface area contributed by atoms with E-state index in [0.29, 0.717) is 0 Å². The fourth-order valence-electron chi connectivity index (χ4n) is 1.24. The first-order valence-corrected chi connectivity index (χ1v) is 4.40. The maximum Gasteiger partial charge on any atom is 0.0373 e. The van der Waals surface area contributed by atoms with Gasteiger partial charge in [0.05, 0.1) is 0 Å². The van der Waals surface area contributed by atoms with Gasteiger partial charge in [-0.05, 0) is 24.6 Å². The number of rotatable bonds is 0. The molecule has 1 aromatic carbocycles. The Balaban J connectivity index is 0.000000213. The molecule has 0 radical (unpaired) electrons. The lowest BCUT2D eigenvalue weighted by Crippen LogP contribution is -1.90. The summed E-state index contributed by atoms with van der Waals surface area (Å²) in [7, 11) is 0. The van der Waals surface area contributed by atoms with Crippen LogP contribution in [0.15, 0.2) is 24.3 Å². The van der Waals surface area contributed by atoms with Crippen molar-refractivity contribution in [3.8, 4) is 0 Å². The van der Waals surface area contributed by atoms with E-state index in [1.165, 1.54) is 17.7 Å². The Morgan fingerprint density at radius 2 is 2.08 bits per heavy atom. The third-order valence-electron chi connectivity index (χ3n) is 1.73. The van der Waals surface area contributed by atoms with Crippen LogP contribution in [0.4, 0.5) is 5.69 Å². The molecule has 0 atom stereocenters. The summed E-state index contributed by atoms with van der Waals surface area (Å²) >= 11 is 0. The van der Waals surface area contributed by atoms with Gasteiger partial charge in [0.15, 0.2) is 0 Å². The molecule has 0 bridgehead atoms. The van der Waals surface area contributed by atoms with E-state index in [-0.39, 0.29) is 0 Å². The van der Waals surface area contributed by atoms with Gasteiger partial charge in [-0.2, -0.15) is 0 Å². The Hall–Kier alpha value is -1.02. The predicted octanol–water partition coefficient (Wildman–Crippen LogP) is 1.62. The van der Waals surface area contributed by atoms with Gasteiger partial charge in [-0.1, -0.05) is 25.1 Å². The summed E-state index contributed by atoms with van der Waals surface area (Å²) in [5.74, 6) is 0. The second-order valence-corrected chi connectivity index (χ2v) is 2.74. The van der Waals surface area contributed by atoms with E-state index in [2.05, 4.69) is 29.6 Å². The van der Waals surface area contributed by atoms with Crippen LogP contribution in [0.2, 0.25) is 0 Å². The molecule has 0 saturated carbocycles. The minimum absolute atomic E-state index is 0.750. The largest absolute Gasteiger partial charge is 0.384 e. The summed E-state index contributed by atoms with van der Waals surface area (Å²) in [5.41, 5.74) is 7.62. The van der Waals surface area contributed by atoms with Gasteiger partial charge in [-0.3, -0.25) is 0 Å². The fourth-order valence-corrected chi connectivity index (χ4v) is 1.24. The first kappa shape index (κ1) is 9.07. The standard InChI is InChI=1S/C8H9N.C2H7N/c1-2-4-8-7(3-1)5-6-9-8;1-2-3/h1-4,9H,5-6H2;2-3H2,1H3. The van der Waals surface area contributed by atoms with E-state index in [4.69, 9.17) is 5.73 Å². The average molecular weight is 164 g/mol. The van der Waals surface area contributed by atoms with Crippen LogP contribution in [0.1, 0.15) is 12.5 Å². The van der Waals surface area contributed by atoms with Gasteiger partial charge in [-0.15, -0.1) is 0 Å². The third-order valence-corrected chi connectivity index (χ3v) is 1.73. The van der Waals surface area contributed by atoms with Gasteiger partial charge in [0, 0.05) is 12.2 Å². The van der Waals surface area contributed by atoms with Gasteiger partial charge in [0.2, 0.25) is 0 Å². The molecule has 2 rings (SSSR count). The van der Waals surface area contributed by atoms with E-state index >= 15 is 0 Å². The minimum atomic E-state index is 0.750. The van der Waals surface area contributed by atoms with Crippen molar-refractivity contribution in [3.63, 3.8) is 0 Å². The Kier molecular flexibility index (Phi) is 3.61. The number of hydrogen-bond acceptors (Lipinski definition) is 2. The van der Waals surface area contributed by atoms with Crippen LogP contribution < -0.4 is 11.1 Å². The summed E-state index contributed by atoms with van der Waals surface area (Å²) in [6.07, 6.45) is 1.19. The molecule has 12 heavy (non-hydrogen) atoms. The van der Waals surface area contributed by atoms with Crippen molar-refractivity contribution in [2.75, 3.05) is 18.4 Å². The predicted molar refractivity (Wildman–Crippen MR) is 53.4 cm³/mol. The van der Waals surface area contributed by atoms with Crippen molar-refractivity contribution >= 4 is 5.69 Å². The monoisotopic (exact) mass is 164 g/mol. The fraction of sp³-hybridized carbons (Fsp3) is 0.400. The summed E-state index contributed by atoms with van der Waals surface area (Å²) in [6, 6.07) is 8.46. The summed E-state index contributed by atoms with van der Waals surface area (Å²) in [5, 5.41) is 3.30. The van der Waals surface area contributed by atoms with Crippen LogP contribution in [0.3, 0.4) is 0 Å². The van der Waals surface area contributed by atoms with Crippen LogP contribution in [0.5, 0.6) is 0 Å². The molecule has 1 aromatic rings. The van der Waals surface area contributed by atoms with Gasteiger partial charge >= 0.3 is 0 Å². The lowest BCUT2D eigenvalue weighted by Gasteiger charge is -1.94. The molecule has 0 aromatic heterocycles. The molecule has 66 valence electrons. The van der Waals surface area contributed by atoms with E-state index in [1.54, 1.807) is 0 Å². The molecule has 3 N–H and O–H groups in total. The van der Waals surface area contributed by atoms with Crippen molar-refractivity contribution in [3.05, 3.63) is 29.8 Å². The minimum Gasteiger partial charge on any atom is -0.384 e. The van der Waals surface area contributed by atoms with E-state index in [1.807, 2.05) is 6.92 Å². The molecular formula is C10H16N2. The SMILES string of the molecule is CCN.c1ccc2c(c1)CCN2. The summed E-state index contributed by atoms with van der Waals surface area (Å²) < 4.78 is 0. The average Bonchev–Trinajstić information content (AvgIpc) is 2.52. The van der Waals surface area contributed by atoms with Crippen LogP contribution in [-0.2, 0) is 6.42 Å². The molecule has 0 unspecified atom stereocenters. The van der Waals surface area contributed by atoms with Crippen LogP contribution in [-0.4, -0.2) is 13.1 Å². The van der Waals surface area contributed by atoms with Crippen LogP contribution in [0, 0.1) is 0 Å². The van der Waals surface area contributed by atoms with Gasteiger partial charge < -0.3 is 11.1 Å². The van der Waals surface area contributed by atoms with Gasteiger partial charge in [0.1, 0.15) is 0 Å². The lowest BCUT2D eigenvalue weighted by atomic mass is 10.2. The maximum absolute atomic E-state index is 4.85. The number of nitrogens with two attached hydrogens (primary N) is 1. The van der Waals surface area contributed by atoms with Crippen molar-refractivity contribution in [1.82, 2.24) is 0 Å². The molecule has 0 fully saturated rings. The van der Waals surface area contributed by atoms with Crippen molar-refractivity contribution in [2.24, 2.45) is 5.73 Å². The number of anilines is 1. The number of benzene rings is 1. The van der Waals surface area contributed by atoms with Crippen LogP contribution in [0.25, 0.3) is 0 Å². The zero-order valence-corrected chi connectivity index (χ0v) is 7.51. The molecule has 0 saturated heterocycles. The van der Waals surface area contributed by atoms with E-state index in [9.17, 15) is 0 Å². The van der Waals surface area contributed by atoms with Gasteiger partial charge in [0.25, 0.3) is 0 Å². The third kappa shape index (κ3) is 2.24. The van der Waals surface area contributed by atoms with Gasteiger partial charge in [-0.25, -0.2) is 0 Å². The van der Waals surface area contributed by atoms with Crippen LogP contribution >= 0.6 is 0 Å². The maximum atomic E-state index is 4.85. The first-order valence-electron chi connectivity index (χ1n) is 4.40. The zero-order valence-electron chi connectivity index (χ0n) is 7.51. The second kappa shape index (κ2) is 4.78. The molecular weight excluding hydrogens is 148 g/mol. The lowest BCUT2D eigenvalue weighted by molar-refractivity contribution is 1.11. The topological polar surface area (TPSA) is 38.0 Å². The molecule has 0 aliphatic carbocycles. The Morgan fingerprint density at radius 1 is 1.42 bits per heavy atom. The molecule has 1 heterocycles. The van der Waals surface area contributed by atoms with Crippen molar-refractivity contribution < 1.29 is 0 Å². The highest BCUT2D eigenvalue weighted by Gasteiger charge is 2.05. The Morgan fingerprint density at radius 3 is 2.75 bits per heavy atom. The summed E-state index contributed by atoms with van der Waals surface area (Å²) in [6.45, 7) is 3.76. The normalized spacial score (nSPS) is 12.5. The molecule has 2 heteroatoms. The molecule has 0 amide bonds. The Labute approximate surface area is 73.8 Å². The van der Waals surface area contributed by atoms with Crippen molar-refractivity contribution in [2.45, 2.75) is 13.3 Å². The highest BCUT2D eigenvalue weighted by molar-refractivity contribution is 5.54. The van der Waals surface area contributed by atoms with E-state index < -0.39 is 0 Å². The highest BCUT2D eigenvalue weighted by Crippen LogP contribution is 2.19. The van der Waals surface area contributed by atoms with E-state index in [0.717, 1.165) is 13.1 Å². The molecule has 1 aliphatic rings. The summed E-state index contributed by atoms with van der Waals surface area (Å²) in [4.78, 5) is 0. The molecule has 2 nitrogen and oxygen atoms in total. The number of nitrogens with one attached hydrogen (secondary N) is 1. The zero-order chi connectivity index (χ0) is 8.81. The highest BCUT2D eigenvalue weighted by atomic mass is 14.9. The Bertz CT molecular complexity index is 210. The molecule has 1 aliphatic heterocycles. The smallest absolute Gasteiger partial charge is 0.0373 e.